The first-order valence-electron chi connectivity index (χ1n) is 16.1. The molecule has 3 aromatic carbocycles. The van der Waals surface area contributed by atoms with E-state index in [4.69, 9.17) is 0 Å². The van der Waals surface area contributed by atoms with Crippen molar-refractivity contribution >= 4 is 40.4 Å². The van der Waals surface area contributed by atoms with Crippen LogP contribution >= 0.6 is 0 Å². The maximum absolute atomic E-state index is 14.0. The van der Waals surface area contributed by atoms with Crippen molar-refractivity contribution in [1.29, 1.82) is 0 Å². The first-order valence-corrected chi connectivity index (χ1v) is 16.1. The summed E-state index contributed by atoms with van der Waals surface area (Å²) in [5.41, 5.74) is 3.15. The summed E-state index contributed by atoms with van der Waals surface area (Å²) in [6, 6.07) is 19.1. The minimum Gasteiger partial charge on any atom is -0.508 e. The van der Waals surface area contributed by atoms with E-state index in [0.717, 1.165) is 22.0 Å². The van der Waals surface area contributed by atoms with Gasteiger partial charge in [0.1, 0.15) is 29.9 Å². The van der Waals surface area contributed by atoms with Crippen LogP contribution < -0.4 is 21.3 Å². The lowest BCUT2D eigenvalue weighted by atomic mass is 10.0. The van der Waals surface area contributed by atoms with Gasteiger partial charge in [0.15, 0.2) is 0 Å². The maximum Gasteiger partial charge on any atom is 0.246 e. The Kier molecular flexibility index (Phi) is 9.70. The van der Waals surface area contributed by atoms with Crippen LogP contribution in [0.1, 0.15) is 29.5 Å². The molecule has 1 aromatic heterocycles. The summed E-state index contributed by atoms with van der Waals surface area (Å²) in [7, 11) is 0. The van der Waals surface area contributed by atoms with Gasteiger partial charge in [0.2, 0.25) is 29.5 Å². The van der Waals surface area contributed by atoms with Crippen molar-refractivity contribution in [3.05, 3.63) is 102 Å². The molecule has 0 spiro atoms. The van der Waals surface area contributed by atoms with Crippen molar-refractivity contribution in [3.8, 4) is 5.75 Å². The van der Waals surface area contributed by atoms with Crippen LogP contribution in [0.3, 0.4) is 0 Å². The third-order valence-corrected chi connectivity index (χ3v) is 8.92. The first kappa shape index (κ1) is 32.3. The number of nitrogens with one attached hydrogen (secondary N) is 5. The topological polar surface area (TPSA) is 173 Å². The molecule has 3 heterocycles. The Hall–Kier alpha value is -5.65. The number of hydrogen-bond acceptors (Lipinski definition) is 6. The zero-order valence-electron chi connectivity index (χ0n) is 26.3. The van der Waals surface area contributed by atoms with Gasteiger partial charge in [-0.3, -0.25) is 24.0 Å². The van der Waals surface area contributed by atoms with E-state index >= 15 is 0 Å². The molecular formula is C36H38N6O6. The van der Waals surface area contributed by atoms with Crippen LogP contribution in [0.15, 0.2) is 85.1 Å². The van der Waals surface area contributed by atoms with Crippen LogP contribution in [0.4, 0.5) is 0 Å². The first-order chi connectivity index (χ1) is 23.2. The molecule has 248 valence electrons. The summed E-state index contributed by atoms with van der Waals surface area (Å²) in [5.74, 6) is -2.63. The van der Waals surface area contributed by atoms with Crippen molar-refractivity contribution in [1.82, 2.24) is 31.2 Å². The molecule has 12 nitrogen and oxygen atoms in total. The molecular weight excluding hydrogens is 612 g/mol. The Morgan fingerprint density at radius 1 is 0.688 bits per heavy atom. The molecule has 12 heteroatoms. The van der Waals surface area contributed by atoms with E-state index in [9.17, 15) is 29.1 Å². The third kappa shape index (κ3) is 7.49. The van der Waals surface area contributed by atoms with Gasteiger partial charge in [-0.15, -0.1) is 0 Å². The van der Waals surface area contributed by atoms with Crippen LogP contribution in [0.2, 0.25) is 0 Å². The Morgan fingerprint density at radius 2 is 1.35 bits per heavy atom. The Bertz CT molecular complexity index is 1810. The average molecular weight is 651 g/mol. The Balaban J connectivity index is 1.33. The van der Waals surface area contributed by atoms with Gasteiger partial charge >= 0.3 is 0 Å². The van der Waals surface area contributed by atoms with E-state index < -0.39 is 60.2 Å². The highest BCUT2D eigenvalue weighted by atomic mass is 16.3. The lowest BCUT2D eigenvalue weighted by Crippen LogP contribution is -2.58. The summed E-state index contributed by atoms with van der Waals surface area (Å²) in [5, 5.41) is 21.7. The van der Waals surface area contributed by atoms with E-state index in [-0.39, 0.29) is 25.0 Å². The molecule has 6 N–H and O–H groups in total. The smallest absolute Gasteiger partial charge is 0.246 e. The number of phenols is 1. The van der Waals surface area contributed by atoms with E-state index in [2.05, 4.69) is 26.3 Å². The molecule has 0 aliphatic carbocycles. The molecule has 2 aliphatic rings. The SMILES string of the molecule is O=C1CNC(=O)C(Cc2ccccc2)NC(=O)C(Cc2c[nH]c3ccccc23)NC(=O)C2CCCN2C(=O)C(Cc2ccc(O)cc2)N1. The molecule has 2 saturated heterocycles. The lowest BCUT2D eigenvalue weighted by molar-refractivity contribution is -0.142. The molecule has 4 atom stereocenters. The molecule has 5 amide bonds. The van der Waals surface area contributed by atoms with E-state index in [1.54, 1.807) is 18.3 Å². The quantitative estimate of drug-likeness (QED) is 0.185. The highest BCUT2D eigenvalue weighted by Crippen LogP contribution is 2.23. The number of carbonyl (C=O) groups is 5. The highest BCUT2D eigenvalue weighted by molar-refractivity contribution is 5.98. The predicted octanol–water partition coefficient (Wildman–Crippen LogP) is 1.48. The summed E-state index contributed by atoms with van der Waals surface area (Å²) in [6.45, 7) is -0.132. The van der Waals surface area contributed by atoms with Gasteiger partial charge in [0.05, 0.1) is 6.54 Å². The fraction of sp³-hybridized carbons (Fsp3) is 0.306. The minimum absolute atomic E-state index is 0.0607. The van der Waals surface area contributed by atoms with Crippen molar-refractivity contribution in [2.24, 2.45) is 0 Å². The number of H-pyrrole nitrogens is 1. The van der Waals surface area contributed by atoms with Crippen LogP contribution in [0.5, 0.6) is 5.75 Å². The average Bonchev–Trinajstić information content (AvgIpc) is 3.75. The van der Waals surface area contributed by atoms with Gasteiger partial charge in [0.25, 0.3) is 0 Å². The highest BCUT2D eigenvalue weighted by Gasteiger charge is 2.39. The van der Waals surface area contributed by atoms with Gasteiger partial charge in [-0.1, -0.05) is 60.7 Å². The second-order valence-electron chi connectivity index (χ2n) is 12.3. The van der Waals surface area contributed by atoms with Crippen molar-refractivity contribution in [3.63, 3.8) is 0 Å². The summed E-state index contributed by atoms with van der Waals surface area (Å²) in [6.07, 6.45) is 3.12. The number of phenolic OH excluding ortho intramolecular Hbond substituents is 1. The predicted molar refractivity (Wildman–Crippen MR) is 177 cm³/mol. The number of amides is 5. The van der Waals surface area contributed by atoms with Crippen molar-refractivity contribution in [2.75, 3.05) is 13.1 Å². The molecule has 2 fully saturated rings. The fourth-order valence-electron chi connectivity index (χ4n) is 6.44. The van der Waals surface area contributed by atoms with Crippen LogP contribution in [0, 0.1) is 0 Å². The standard InChI is InChI=1S/C36H38N6O6/c43-25-14-12-23(13-15-25)18-30-36(48)42-16-6-11-31(42)35(47)41-29(19-24-20-37-27-10-5-4-9-26(24)27)34(46)40-28(17-22-7-2-1-3-8-22)33(45)38-21-32(44)39-30/h1-5,7-10,12-15,20,28-31,37,43H,6,11,16-19,21H2,(H,38,45)(H,39,44)(H,40,46)(H,41,47). The molecule has 4 aromatic rings. The molecule has 2 aliphatic heterocycles. The fourth-order valence-corrected chi connectivity index (χ4v) is 6.44. The Labute approximate surface area is 277 Å². The lowest BCUT2D eigenvalue weighted by Gasteiger charge is -2.30. The number of carbonyl (C=O) groups excluding carboxylic acids is 5. The number of aromatic amines is 1. The normalized spacial score (nSPS) is 22.6. The number of benzene rings is 3. The molecule has 6 rings (SSSR count). The molecule has 0 radical (unpaired) electrons. The molecule has 48 heavy (non-hydrogen) atoms. The maximum atomic E-state index is 14.0. The molecule has 0 saturated carbocycles. The van der Waals surface area contributed by atoms with Gasteiger partial charge in [0, 0.05) is 42.9 Å². The molecule has 0 bridgehead atoms. The third-order valence-electron chi connectivity index (χ3n) is 8.92. The van der Waals surface area contributed by atoms with Crippen molar-refractivity contribution < 1.29 is 29.1 Å². The van der Waals surface area contributed by atoms with Crippen LogP contribution in [-0.2, 0) is 43.2 Å². The van der Waals surface area contributed by atoms with E-state index in [1.165, 1.54) is 17.0 Å². The van der Waals surface area contributed by atoms with E-state index in [1.807, 2.05) is 54.6 Å². The van der Waals surface area contributed by atoms with Crippen molar-refractivity contribution in [2.45, 2.75) is 56.3 Å². The van der Waals surface area contributed by atoms with Gasteiger partial charge < -0.3 is 36.3 Å². The summed E-state index contributed by atoms with van der Waals surface area (Å²) in [4.78, 5) is 73.3. The number of nitrogens with zero attached hydrogens (tertiary/aromatic N) is 1. The van der Waals surface area contributed by atoms with Gasteiger partial charge in [-0.05, 0) is 47.7 Å². The van der Waals surface area contributed by atoms with Gasteiger partial charge in [-0.25, -0.2) is 0 Å². The second kappa shape index (κ2) is 14.4. The number of fused-ring (bicyclic) bond motifs is 2. The number of rotatable bonds is 6. The summed E-state index contributed by atoms with van der Waals surface area (Å²) < 4.78 is 0. The monoisotopic (exact) mass is 650 g/mol. The largest absolute Gasteiger partial charge is 0.508 e. The van der Waals surface area contributed by atoms with Gasteiger partial charge in [-0.2, -0.15) is 0 Å². The minimum atomic E-state index is -1.07. The van der Waals surface area contributed by atoms with Crippen LogP contribution in [0.25, 0.3) is 10.9 Å². The van der Waals surface area contributed by atoms with Crippen LogP contribution in [-0.4, -0.2) is 81.8 Å². The second-order valence-corrected chi connectivity index (χ2v) is 12.3. The zero-order chi connectivity index (χ0) is 33.6. The number of aromatic nitrogens is 1. The summed E-state index contributed by atoms with van der Waals surface area (Å²) >= 11 is 0. The number of hydrogen-bond donors (Lipinski definition) is 6. The number of aromatic hydroxyl groups is 1. The zero-order valence-corrected chi connectivity index (χ0v) is 26.3. The molecule has 4 unspecified atom stereocenters. The Morgan fingerprint density at radius 3 is 2.15 bits per heavy atom. The van der Waals surface area contributed by atoms with E-state index in [0.29, 0.717) is 24.9 Å². The number of para-hydroxylation sites is 1.